The van der Waals surface area contributed by atoms with Gasteiger partial charge in [0.05, 0.1) is 30.6 Å². The number of carbonyl (C=O) groups excluding carboxylic acids is 4. The molecule has 0 heterocycles. The van der Waals surface area contributed by atoms with Gasteiger partial charge in [-0.15, -0.1) is 12.8 Å². The van der Waals surface area contributed by atoms with Gasteiger partial charge in [-0.05, 0) is 124 Å². The van der Waals surface area contributed by atoms with Crippen LogP contribution in [0.4, 0.5) is 0 Å². The molecule has 3 aliphatic carbocycles. The molecule has 8 heteroatoms. The Labute approximate surface area is 327 Å². The monoisotopic (exact) mass is 750 g/mol. The van der Waals surface area contributed by atoms with Crippen LogP contribution in [-0.2, 0) is 28.6 Å². The average Bonchev–Trinajstić information content (AvgIpc) is 3.22. The molecule has 0 atom stereocenters. The number of hydrogen-bond donors (Lipinski definition) is 0. The standard InChI is InChI=1S/C47H58O8/c1-5-9-10-13-33-14-16-35(17-15-33)36-24-26-47(8-4,27-25-36)55-46(51)40-30-34(6-2)42-32-41(23-22-39(42)31-40)54-45(50)38-20-18-37(19-21-38)44(49)53-29-12-11-28-52-43(48)7-3/h2,4,7,22-23,30-33,35-38H,3,5,9-21,24-29H2,1H3. The lowest BCUT2D eigenvalue weighted by atomic mass is 9.67. The molecule has 8 nitrogen and oxygen atoms in total. The van der Waals surface area contributed by atoms with Gasteiger partial charge in [0.15, 0.2) is 5.60 Å². The summed E-state index contributed by atoms with van der Waals surface area (Å²) in [7, 11) is 0. The lowest BCUT2D eigenvalue weighted by Gasteiger charge is -2.41. The van der Waals surface area contributed by atoms with E-state index in [1.165, 1.54) is 51.4 Å². The van der Waals surface area contributed by atoms with Crippen LogP contribution < -0.4 is 4.74 Å². The summed E-state index contributed by atoms with van der Waals surface area (Å²) in [5.41, 5.74) is -0.0892. The number of terminal acetylenes is 2. The topological polar surface area (TPSA) is 105 Å². The second-order valence-corrected chi connectivity index (χ2v) is 15.9. The normalized spacial score (nSPS) is 25.1. The Morgan fingerprint density at radius 1 is 0.800 bits per heavy atom. The quantitative estimate of drug-likeness (QED) is 0.0417. The molecule has 0 unspecified atom stereocenters. The van der Waals surface area contributed by atoms with E-state index in [1.54, 1.807) is 30.3 Å². The molecule has 0 bridgehead atoms. The van der Waals surface area contributed by atoms with Crippen molar-refractivity contribution in [1.82, 2.24) is 0 Å². The van der Waals surface area contributed by atoms with Crippen molar-refractivity contribution in [3.63, 3.8) is 0 Å². The van der Waals surface area contributed by atoms with Crippen molar-refractivity contribution in [2.45, 2.75) is 128 Å². The molecule has 294 valence electrons. The Hall–Kier alpha value is -4.56. The fourth-order valence-corrected chi connectivity index (χ4v) is 8.85. The van der Waals surface area contributed by atoms with E-state index in [0.29, 0.717) is 79.5 Å². The first-order valence-electron chi connectivity index (χ1n) is 20.6. The van der Waals surface area contributed by atoms with Crippen LogP contribution in [0, 0.1) is 54.3 Å². The highest BCUT2D eigenvalue weighted by molar-refractivity contribution is 5.99. The Morgan fingerprint density at radius 3 is 2.09 bits per heavy atom. The first kappa shape index (κ1) is 41.6. The van der Waals surface area contributed by atoms with Crippen LogP contribution in [0.15, 0.2) is 43.0 Å². The third-order valence-corrected chi connectivity index (χ3v) is 12.3. The van der Waals surface area contributed by atoms with Crippen LogP contribution in [0.3, 0.4) is 0 Å². The van der Waals surface area contributed by atoms with Crippen molar-refractivity contribution >= 4 is 34.6 Å². The van der Waals surface area contributed by atoms with Crippen molar-refractivity contribution in [2.24, 2.45) is 29.6 Å². The van der Waals surface area contributed by atoms with E-state index in [4.69, 9.17) is 31.8 Å². The molecule has 3 saturated carbocycles. The number of esters is 4. The average molecular weight is 751 g/mol. The zero-order chi connectivity index (χ0) is 39.2. The van der Waals surface area contributed by atoms with Gasteiger partial charge in [0.1, 0.15) is 5.75 Å². The molecule has 2 aromatic carbocycles. The molecule has 0 spiro atoms. The highest BCUT2D eigenvalue weighted by Crippen LogP contribution is 2.44. The van der Waals surface area contributed by atoms with E-state index in [2.05, 4.69) is 25.3 Å². The van der Waals surface area contributed by atoms with Gasteiger partial charge in [-0.2, -0.15) is 0 Å². The second-order valence-electron chi connectivity index (χ2n) is 15.9. The minimum atomic E-state index is -0.918. The lowest BCUT2D eigenvalue weighted by molar-refractivity contribution is -0.152. The van der Waals surface area contributed by atoms with Crippen LogP contribution in [-0.4, -0.2) is 42.7 Å². The number of unbranched alkanes of at least 4 members (excludes halogenated alkanes) is 3. The molecule has 0 radical (unpaired) electrons. The first-order chi connectivity index (χ1) is 26.7. The smallest absolute Gasteiger partial charge is 0.339 e. The van der Waals surface area contributed by atoms with Gasteiger partial charge < -0.3 is 18.9 Å². The number of hydrogen-bond acceptors (Lipinski definition) is 8. The molecule has 0 amide bonds. The molecule has 0 saturated heterocycles. The molecule has 3 aliphatic rings. The fourth-order valence-electron chi connectivity index (χ4n) is 8.85. The molecule has 0 aliphatic heterocycles. The molecule has 2 aromatic rings. The van der Waals surface area contributed by atoms with Crippen molar-refractivity contribution < 1.29 is 38.1 Å². The summed E-state index contributed by atoms with van der Waals surface area (Å²) in [6, 6.07) is 8.59. The van der Waals surface area contributed by atoms with Gasteiger partial charge >= 0.3 is 23.9 Å². The van der Waals surface area contributed by atoms with Gasteiger partial charge in [-0.1, -0.05) is 69.9 Å². The largest absolute Gasteiger partial charge is 0.465 e. The van der Waals surface area contributed by atoms with Crippen molar-refractivity contribution in [3.05, 3.63) is 54.1 Å². The Balaban J connectivity index is 1.09. The predicted octanol–water partition coefficient (Wildman–Crippen LogP) is 9.69. The Bertz CT molecular complexity index is 1740. The summed E-state index contributed by atoms with van der Waals surface area (Å²) >= 11 is 0. The molecule has 55 heavy (non-hydrogen) atoms. The van der Waals surface area contributed by atoms with Crippen LogP contribution in [0.1, 0.15) is 138 Å². The van der Waals surface area contributed by atoms with Crippen LogP contribution in [0.25, 0.3) is 10.8 Å². The van der Waals surface area contributed by atoms with E-state index in [0.717, 1.165) is 36.1 Å². The van der Waals surface area contributed by atoms with Crippen LogP contribution >= 0.6 is 0 Å². The van der Waals surface area contributed by atoms with E-state index in [1.807, 2.05) is 0 Å². The van der Waals surface area contributed by atoms with Gasteiger partial charge in [-0.3, -0.25) is 9.59 Å². The number of ether oxygens (including phenoxy) is 4. The van der Waals surface area contributed by atoms with Crippen LogP contribution in [0.2, 0.25) is 0 Å². The maximum atomic E-state index is 13.6. The highest BCUT2D eigenvalue weighted by Gasteiger charge is 2.40. The van der Waals surface area contributed by atoms with Gasteiger partial charge in [0.2, 0.25) is 0 Å². The van der Waals surface area contributed by atoms with Gasteiger partial charge in [-0.25, -0.2) is 9.59 Å². The fraction of sp³-hybridized carbons (Fsp3) is 0.574. The minimum absolute atomic E-state index is 0.251. The van der Waals surface area contributed by atoms with E-state index in [9.17, 15) is 19.2 Å². The summed E-state index contributed by atoms with van der Waals surface area (Å²) in [6.07, 6.45) is 30.3. The minimum Gasteiger partial charge on any atom is -0.465 e. The van der Waals surface area contributed by atoms with E-state index < -0.39 is 17.5 Å². The summed E-state index contributed by atoms with van der Waals surface area (Å²) in [4.78, 5) is 50.4. The second kappa shape index (κ2) is 20.4. The summed E-state index contributed by atoms with van der Waals surface area (Å²) < 4.78 is 22.2. The zero-order valence-corrected chi connectivity index (χ0v) is 32.6. The molecule has 0 N–H and O–H groups in total. The Kier molecular flexibility index (Phi) is 15.4. The third-order valence-electron chi connectivity index (χ3n) is 12.3. The number of fused-ring (bicyclic) bond motifs is 1. The van der Waals surface area contributed by atoms with Crippen molar-refractivity contribution in [1.29, 1.82) is 0 Å². The predicted molar refractivity (Wildman–Crippen MR) is 213 cm³/mol. The van der Waals surface area contributed by atoms with Crippen molar-refractivity contribution in [2.75, 3.05) is 13.2 Å². The number of benzene rings is 2. The molecule has 5 rings (SSSR count). The number of carbonyl (C=O) groups is 4. The highest BCUT2D eigenvalue weighted by atomic mass is 16.6. The lowest BCUT2D eigenvalue weighted by Crippen LogP contribution is -2.39. The number of rotatable bonds is 16. The third kappa shape index (κ3) is 11.5. The summed E-state index contributed by atoms with van der Waals surface area (Å²) in [6.45, 7) is 6.12. The molecular formula is C47H58O8. The van der Waals surface area contributed by atoms with Crippen molar-refractivity contribution in [3.8, 4) is 30.4 Å². The molecular weight excluding hydrogens is 693 g/mol. The summed E-state index contributed by atoms with van der Waals surface area (Å²) in [5.74, 6) is 5.99. The Morgan fingerprint density at radius 2 is 1.45 bits per heavy atom. The maximum absolute atomic E-state index is 13.6. The molecule has 0 aromatic heterocycles. The van der Waals surface area contributed by atoms with Crippen LogP contribution in [0.5, 0.6) is 5.75 Å². The van der Waals surface area contributed by atoms with Gasteiger partial charge in [0, 0.05) is 17.0 Å². The first-order valence-corrected chi connectivity index (χ1v) is 20.6. The maximum Gasteiger partial charge on any atom is 0.339 e. The molecule has 3 fully saturated rings. The van der Waals surface area contributed by atoms with E-state index in [-0.39, 0.29) is 37.0 Å². The van der Waals surface area contributed by atoms with Gasteiger partial charge in [0.25, 0.3) is 0 Å². The zero-order valence-electron chi connectivity index (χ0n) is 32.6. The van der Waals surface area contributed by atoms with E-state index >= 15 is 0 Å². The summed E-state index contributed by atoms with van der Waals surface area (Å²) in [5, 5.41) is 1.41. The SMILES string of the molecule is C#Cc1cc(C(=O)OC2(C#C)CCC(C3CCC(CCCCC)CC3)CC2)cc2ccc(OC(=O)C3CCC(C(=O)OCCCCOC(=O)C=C)CC3)cc12.